The van der Waals surface area contributed by atoms with Crippen molar-refractivity contribution in [1.82, 2.24) is 4.90 Å². The van der Waals surface area contributed by atoms with E-state index < -0.39 is 0 Å². The van der Waals surface area contributed by atoms with E-state index in [1.807, 2.05) is 0 Å². The van der Waals surface area contributed by atoms with Crippen LogP contribution in [-0.2, 0) is 9.47 Å². The summed E-state index contributed by atoms with van der Waals surface area (Å²) in [7, 11) is 3.48. The van der Waals surface area contributed by atoms with Crippen molar-refractivity contribution in [3.63, 3.8) is 0 Å². The summed E-state index contributed by atoms with van der Waals surface area (Å²) in [5, 5.41) is 4.31. The Hall–Kier alpha value is -0.460. The van der Waals surface area contributed by atoms with Gasteiger partial charge in [-0.1, -0.05) is 6.92 Å². The van der Waals surface area contributed by atoms with E-state index in [1.165, 1.54) is 5.56 Å². The highest BCUT2D eigenvalue weighted by molar-refractivity contribution is 7.07. The van der Waals surface area contributed by atoms with Gasteiger partial charge in [-0.05, 0) is 35.7 Å². The predicted octanol–water partition coefficient (Wildman–Crippen LogP) is 2.51. The van der Waals surface area contributed by atoms with Crippen molar-refractivity contribution in [3.05, 3.63) is 22.4 Å². The Morgan fingerprint density at radius 2 is 2.10 bits per heavy atom. The Bertz CT molecular complexity index is 346. The summed E-state index contributed by atoms with van der Waals surface area (Å²) in [5.74, 6) is 0. The van der Waals surface area contributed by atoms with Crippen molar-refractivity contribution in [1.29, 1.82) is 0 Å². The Kier molecular flexibility index (Phi) is 8.33. The fraction of sp³-hybridized carbons (Fsp3) is 0.733. The molecule has 3 unspecified atom stereocenters. The molecule has 0 amide bonds. The van der Waals surface area contributed by atoms with Crippen molar-refractivity contribution < 1.29 is 9.47 Å². The largest absolute Gasteiger partial charge is 0.383 e. The van der Waals surface area contributed by atoms with Gasteiger partial charge in [0.25, 0.3) is 0 Å². The number of ether oxygens (including phenoxy) is 2. The molecule has 1 aromatic heterocycles. The lowest BCUT2D eigenvalue weighted by molar-refractivity contribution is 0.0379. The Balaban J connectivity index is 2.96. The van der Waals surface area contributed by atoms with Crippen molar-refractivity contribution in [2.75, 3.05) is 34.0 Å². The summed E-state index contributed by atoms with van der Waals surface area (Å²) >= 11 is 1.72. The Morgan fingerprint density at radius 3 is 2.60 bits per heavy atom. The van der Waals surface area contributed by atoms with Gasteiger partial charge in [0.15, 0.2) is 0 Å². The molecule has 20 heavy (non-hydrogen) atoms. The SMILES string of the molecule is CCC(N)C(c1ccsc1)N(CCOC)C(C)COC. The van der Waals surface area contributed by atoms with Gasteiger partial charge in [-0.15, -0.1) is 0 Å². The minimum absolute atomic E-state index is 0.112. The maximum absolute atomic E-state index is 6.40. The summed E-state index contributed by atoms with van der Waals surface area (Å²) in [6.45, 7) is 6.57. The number of rotatable bonds is 10. The lowest BCUT2D eigenvalue weighted by Crippen LogP contribution is -2.47. The minimum Gasteiger partial charge on any atom is -0.383 e. The summed E-state index contributed by atoms with van der Waals surface area (Å²) in [4.78, 5) is 2.41. The van der Waals surface area contributed by atoms with Crippen LogP contribution in [0.15, 0.2) is 16.8 Å². The molecule has 3 atom stereocenters. The molecule has 1 heterocycles. The standard InChI is InChI=1S/C15H28N2O2S/c1-5-14(16)15(13-6-9-20-11-13)17(7-8-18-3)12(2)10-19-4/h6,9,11-12,14-15H,5,7-8,10,16H2,1-4H3. The van der Waals surface area contributed by atoms with Crippen LogP contribution in [0.25, 0.3) is 0 Å². The van der Waals surface area contributed by atoms with E-state index in [2.05, 4.69) is 35.6 Å². The lowest BCUT2D eigenvalue weighted by Gasteiger charge is -2.39. The summed E-state index contributed by atoms with van der Waals surface area (Å²) in [6, 6.07) is 2.80. The van der Waals surface area contributed by atoms with Crippen LogP contribution < -0.4 is 5.73 Å². The number of hydrogen-bond donors (Lipinski definition) is 1. The monoisotopic (exact) mass is 300 g/mol. The molecule has 0 aliphatic heterocycles. The lowest BCUT2D eigenvalue weighted by atomic mass is 9.97. The fourth-order valence-electron chi connectivity index (χ4n) is 2.52. The molecular formula is C15H28N2O2S. The number of nitrogens with zero attached hydrogens (tertiary/aromatic N) is 1. The fourth-order valence-corrected chi connectivity index (χ4v) is 3.21. The second kappa shape index (κ2) is 9.47. The molecule has 0 radical (unpaired) electrons. The molecule has 0 aliphatic carbocycles. The smallest absolute Gasteiger partial charge is 0.0615 e. The third kappa shape index (κ3) is 4.82. The van der Waals surface area contributed by atoms with Crippen LogP contribution in [0, 0.1) is 0 Å². The van der Waals surface area contributed by atoms with Gasteiger partial charge in [0.1, 0.15) is 0 Å². The zero-order valence-corrected chi connectivity index (χ0v) is 13.9. The van der Waals surface area contributed by atoms with Crippen LogP contribution in [0.4, 0.5) is 0 Å². The summed E-state index contributed by atoms with van der Waals surface area (Å²) < 4.78 is 10.6. The van der Waals surface area contributed by atoms with Gasteiger partial charge in [-0.25, -0.2) is 0 Å². The maximum Gasteiger partial charge on any atom is 0.0615 e. The van der Waals surface area contributed by atoms with E-state index in [1.54, 1.807) is 25.6 Å². The van der Waals surface area contributed by atoms with Crippen molar-refractivity contribution in [2.45, 2.75) is 38.4 Å². The first kappa shape index (κ1) is 17.6. The molecule has 0 aliphatic rings. The number of thiophene rings is 1. The molecule has 0 spiro atoms. The molecule has 0 bridgehead atoms. The van der Waals surface area contributed by atoms with Gasteiger partial charge >= 0.3 is 0 Å². The van der Waals surface area contributed by atoms with Crippen LogP contribution in [0.3, 0.4) is 0 Å². The third-order valence-electron chi connectivity index (χ3n) is 3.65. The average molecular weight is 300 g/mol. The van der Waals surface area contributed by atoms with Crippen LogP contribution in [0.5, 0.6) is 0 Å². The molecular weight excluding hydrogens is 272 g/mol. The van der Waals surface area contributed by atoms with E-state index in [0.717, 1.165) is 13.0 Å². The van der Waals surface area contributed by atoms with Gasteiger partial charge in [-0.3, -0.25) is 4.90 Å². The second-order valence-electron chi connectivity index (χ2n) is 5.11. The van der Waals surface area contributed by atoms with Crippen LogP contribution in [0.2, 0.25) is 0 Å². The highest BCUT2D eigenvalue weighted by atomic mass is 32.1. The van der Waals surface area contributed by atoms with Gasteiger partial charge in [0.2, 0.25) is 0 Å². The van der Waals surface area contributed by atoms with Gasteiger partial charge in [0, 0.05) is 32.8 Å². The van der Waals surface area contributed by atoms with E-state index in [4.69, 9.17) is 15.2 Å². The number of nitrogens with two attached hydrogens (primary N) is 1. The Labute approximate surface area is 126 Å². The Morgan fingerprint density at radius 1 is 1.35 bits per heavy atom. The normalized spacial score (nSPS) is 16.3. The van der Waals surface area contributed by atoms with E-state index in [0.29, 0.717) is 19.3 Å². The molecule has 0 fully saturated rings. The van der Waals surface area contributed by atoms with E-state index in [-0.39, 0.29) is 12.1 Å². The predicted molar refractivity (Wildman–Crippen MR) is 85.2 cm³/mol. The molecule has 1 rings (SSSR count). The highest BCUT2D eigenvalue weighted by Crippen LogP contribution is 2.28. The van der Waals surface area contributed by atoms with Gasteiger partial charge in [-0.2, -0.15) is 11.3 Å². The highest BCUT2D eigenvalue weighted by Gasteiger charge is 2.29. The molecule has 116 valence electrons. The van der Waals surface area contributed by atoms with Gasteiger partial charge in [0.05, 0.1) is 19.3 Å². The first-order valence-electron chi connectivity index (χ1n) is 7.16. The third-order valence-corrected chi connectivity index (χ3v) is 4.35. The van der Waals surface area contributed by atoms with E-state index >= 15 is 0 Å². The molecule has 2 N–H and O–H groups in total. The van der Waals surface area contributed by atoms with Crippen molar-refractivity contribution in [2.24, 2.45) is 5.73 Å². The zero-order valence-electron chi connectivity index (χ0n) is 13.0. The quantitative estimate of drug-likeness (QED) is 0.721. The molecule has 5 heteroatoms. The maximum atomic E-state index is 6.40. The van der Waals surface area contributed by atoms with Crippen LogP contribution >= 0.6 is 11.3 Å². The summed E-state index contributed by atoms with van der Waals surface area (Å²) in [6.07, 6.45) is 0.948. The van der Waals surface area contributed by atoms with Crippen molar-refractivity contribution in [3.8, 4) is 0 Å². The zero-order chi connectivity index (χ0) is 15.0. The first-order chi connectivity index (χ1) is 9.65. The molecule has 0 aromatic carbocycles. The average Bonchev–Trinajstić information content (AvgIpc) is 2.96. The van der Waals surface area contributed by atoms with Crippen LogP contribution in [-0.4, -0.2) is 51.0 Å². The minimum atomic E-state index is 0.112. The number of methoxy groups -OCH3 is 2. The second-order valence-corrected chi connectivity index (χ2v) is 5.89. The molecule has 1 aromatic rings. The molecule has 0 saturated heterocycles. The first-order valence-corrected chi connectivity index (χ1v) is 8.11. The van der Waals surface area contributed by atoms with Crippen LogP contribution in [0.1, 0.15) is 31.9 Å². The van der Waals surface area contributed by atoms with Gasteiger partial charge < -0.3 is 15.2 Å². The molecule has 4 nitrogen and oxygen atoms in total. The van der Waals surface area contributed by atoms with E-state index in [9.17, 15) is 0 Å². The number of hydrogen-bond acceptors (Lipinski definition) is 5. The summed E-state index contributed by atoms with van der Waals surface area (Å²) in [5.41, 5.74) is 7.69. The van der Waals surface area contributed by atoms with Crippen molar-refractivity contribution >= 4 is 11.3 Å². The molecule has 0 saturated carbocycles. The topological polar surface area (TPSA) is 47.7 Å².